The molecule has 8 nitrogen and oxygen atoms in total. The molecule has 2 aromatic heterocycles. The topological polar surface area (TPSA) is 93.3 Å². The van der Waals surface area contributed by atoms with Gasteiger partial charge in [-0.05, 0) is 31.2 Å². The summed E-state index contributed by atoms with van der Waals surface area (Å²) in [6, 6.07) is 6.19. The summed E-state index contributed by atoms with van der Waals surface area (Å²) in [6.45, 7) is 0.912. The van der Waals surface area contributed by atoms with E-state index in [1.807, 2.05) is 6.07 Å². The molecule has 1 atom stereocenters. The van der Waals surface area contributed by atoms with Crippen LogP contribution in [-0.2, 0) is 19.1 Å². The third kappa shape index (κ3) is 5.22. The number of hydrogen-bond donors (Lipinski definition) is 0. The lowest BCUT2D eigenvalue weighted by Gasteiger charge is -2.28. The Labute approximate surface area is 212 Å². The molecule has 38 heavy (non-hydrogen) atoms. The van der Waals surface area contributed by atoms with Crippen LogP contribution in [0.5, 0.6) is 11.5 Å². The zero-order valence-corrected chi connectivity index (χ0v) is 19.9. The second-order valence-corrected chi connectivity index (χ2v) is 8.35. The van der Waals surface area contributed by atoms with E-state index in [1.165, 1.54) is 35.0 Å². The number of methoxy groups -OCH3 is 1. The third-order valence-corrected chi connectivity index (χ3v) is 5.87. The van der Waals surface area contributed by atoms with Gasteiger partial charge in [-0.2, -0.15) is 36.7 Å². The van der Waals surface area contributed by atoms with E-state index >= 15 is 0 Å². The molecule has 4 rings (SSSR count). The lowest BCUT2D eigenvalue weighted by atomic mass is 10.0. The molecule has 0 spiro atoms. The van der Waals surface area contributed by atoms with E-state index in [1.54, 1.807) is 0 Å². The number of carbonyl (C=O) groups is 1. The summed E-state index contributed by atoms with van der Waals surface area (Å²) in [7, 11) is 1.18. The van der Waals surface area contributed by atoms with E-state index in [9.17, 15) is 36.4 Å². The van der Waals surface area contributed by atoms with Gasteiger partial charge in [-0.1, -0.05) is 0 Å². The maximum atomic E-state index is 13.5. The third-order valence-electron chi connectivity index (χ3n) is 5.87. The predicted molar refractivity (Wildman–Crippen MR) is 119 cm³/mol. The molecule has 0 saturated carbocycles. The van der Waals surface area contributed by atoms with Gasteiger partial charge in [-0.25, -0.2) is 9.67 Å². The molecule has 0 bridgehead atoms. The second-order valence-electron chi connectivity index (χ2n) is 8.35. The van der Waals surface area contributed by atoms with Crippen LogP contribution in [0.15, 0.2) is 36.7 Å². The molecule has 0 fully saturated rings. The van der Waals surface area contributed by atoms with Gasteiger partial charge in [-0.15, -0.1) is 0 Å². The second kappa shape index (κ2) is 9.88. The summed E-state index contributed by atoms with van der Waals surface area (Å²) in [5.41, 5.74) is -0.0136. The normalized spacial score (nSPS) is 14.4. The Morgan fingerprint density at radius 2 is 1.89 bits per heavy atom. The van der Waals surface area contributed by atoms with E-state index in [0.29, 0.717) is 11.3 Å². The van der Waals surface area contributed by atoms with Gasteiger partial charge in [-0.3, -0.25) is 4.79 Å². The van der Waals surface area contributed by atoms with Gasteiger partial charge in [0.2, 0.25) is 0 Å². The monoisotopic (exact) mass is 539 g/mol. The molecule has 1 unspecified atom stereocenters. The van der Waals surface area contributed by atoms with Gasteiger partial charge in [0.1, 0.15) is 23.1 Å². The highest BCUT2D eigenvalue weighted by atomic mass is 19.4. The largest absolute Gasteiger partial charge is 0.494 e. The Morgan fingerprint density at radius 1 is 1.16 bits per heavy atom. The Bertz CT molecular complexity index is 1390. The molecule has 1 aliphatic rings. The zero-order chi connectivity index (χ0) is 27.8. The molecule has 0 N–H and O–H groups in total. The highest BCUT2D eigenvalue weighted by Crippen LogP contribution is 2.37. The van der Waals surface area contributed by atoms with Crippen molar-refractivity contribution >= 4 is 5.91 Å². The molecule has 3 heterocycles. The van der Waals surface area contributed by atoms with Gasteiger partial charge in [0, 0.05) is 31.3 Å². The number of hydrogen-bond acceptors (Lipinski definition) is 6. The summed E-state index contributed by atoms with van der Waals surface area (Å²) in [5, 5.41) is 13.8. The Kier molecular flexibility index (Phi) is 6.96. The number of carbonyl (C=O) groups excluding carboxylic acids is 1. The SMILES string of the molecule is COc1c(C#N)ccc(OC(C)C(F)(F)F)c1C(=O)N1CCc2nn(-c3ccc(C(F)(F)F)nc3)cc2C1. The number of benzene rings is 1. The van der Waals surface area contributed by atoms with E-state index in [0.717, 1.165) is 25.3 Å². The van der Waals surface area contributed by atoms with Crippen LogP contribution in [0, 0.1) is 11.3 Å². The lowest BCUT2D eigenvalue weighted by Crippen LogP contribution is -2.37. The fourth-order valence-corrected chi connectivity index (χ4v) is 3.89. The first kappa shape index (κ1) is 26.8. The first-order valence-electron chi connectivity index (χ1n) is 11.1. The van der Waals surface area contributed by atoms with Crippen molar-refractivity contribution in [3.63, 3.8) is 0 Å². The maximum Gasteiger partial charge on any atom is 0.433 e. The molecule has 1 aliphatic heterocycles. The van der Waals surface area contributed by atoms with E-state index < -0.39 is 35.8 Å². The van der Waals surface area contributed by atoms with Crippen molar-refractivity contribution in [3.05, 3.63) is 64.7 Å². The maximum absolute atomic E-state index is 13.5. The van der Waals surface area contributed by atoms with Crippen LogP contribution in [0.25, 0.3) is 5.69 Å². The summed E-state index contributed by atoms with van der Waals surface area (Å²) < 4.78 is 89.5. The van der Waals surface area contributed by atoms with Crippen molar-refractivity contribution in [1.82, 2.24) is 19.7 Å². The minimum Gasteiger partial charge on any atom is -0.494 e. The fraction of sp³-hybridized carbons (Fsp3) is 0.333. The van der Waals surface area contributed by atoms with Crippen LogP contribution in [-0.4, -0.2) is 51.5 Å². The van der Waals surface area contributed by atoms with Crippen LogP contribution in [0.1, 0.15) is 39.8 Å². The summed E-state index contributed by atoms with van der Waals surface area (Å²) in [5.74, 6) is -1.34. The number of rotatable bonds is 5. The van der Waals surface area contributed by atoms with E-state index in [4.69, 9.17) is 9.47 Å². The zero-order valence-electron chi connectivity index (χ0n) is 19.9. The Hall–Kier alpha value is -4.28. The highest BCUT2D eigenvalue weighted by Gasteiger charge is 2.40. The molecule has 1 amide bonds. The minimum absolute atomic E-state index is 0.00354. The average Bonchev–Trinajstić information content (AvgIpc) is 3.30. The van der Waals surface area contributed by atoms with Crippen LogP contribution in [0.3, 0.4) is 0 Å². The minimum atomic E-state index is -4.71. The van der Waals surface area contributed by atoms with Crippen LogP contribution in [0.4, 0.5) is 26.3 Å². The fourth-order valence-electron chi connectivity index (χ4n) is 3.89. The molecule has 3 aromatic rings. The van der Waals surface area contributed by atoms with Crippen molar-refractivity contribution in [2.75, 3.05) is 13.7 Å². The number of pyridine rings is 1. The molecule has 1 aromatic carbocycles. The number of ether oxygens (including phenoxy) is 2. The van der Waals surface area contributed by atoms with Gasteiger partial charge < -0.3 is 14.4 Å². The van der Waals surface area contributed by atoms with E-state index in [-0.39, 0.29) is 42.1 Å². The molecular weight excluding hydrogens is 520 g/mol. The van der Waals surface area contributed by atoms with Crippen LogP contribution in [0.2, 0.25) is 0 Å². The quantitative estimate of drug-likeness (QED) is 0.437. The molecule has 0 radical (unpaired) electrons. The van der Waals surface area contributed by atoms with Crippen LogP contribution < -0.4 is 9.47 Å². The Morgan fingerprint density at radius 3 is 2.47 bits per heavy atom. The summed E-state index contributed by atoms with van der Waals surface area (Å²) in [4.78, 5) is 18.3. The van der Waals surface area contributed by atoms with Gasteiger partial charge in [0.15, 0.2) is 11.9 Å². The van der Waals surface area contributed by atoms with Crippen molar-refractivity contribution in [3.8, 4) is 23.3 Å². The van der Waals surface area contributed by atoms with Gasteiger partial charge in [0.05, 0.1) is 30.3 Å². The number of halogens is 6. The average molecular weight is 539 g/mol. The lowest BCUT2D eigenvalue weighted by molar-refractivity contribution is -0.189. The standard InChI is InChI=1S/C24H19F6N5O3/c1-13(23(25,26)27)38-18-5-3-14(9-31)21(37-2)20(18)22(36)34-8-7-17-15(11-34)12-35(33-17)16-4-6-19(32-10-16)24(28,29)30/h3-6,10,12-13H,7-8,11H2,1-2H3. The van der Waals surface area contributed by atoms with Crippen molar-refractivity contribution in [2.24, 2.45) is 0 Å². The van der Waals surface area contributed by atoms with Crippen molar-refractivity contribution in [2.45, 2.75) is 38.3 Å². The Balaban J connectivity index is 1.64. The van der Waals surface area contributed by atoms with Crippen molar-refractivity contribution < 1.29 is 40.6 Å². The number of alkyl halides is 6. The first-order valence-corrected chi connectivity index (χ1v) is 11.1. The van der Waals surface area contributed by atoms with Crippen LogP contribution >= 0.6 is 0 Å². The molecule has 14 heteroatoms. The molecule has 0 aliphatic carbocycles. The van der Waals surface area contributed by atoms with Gasteiger partial charge >= 0.3 is 12.4 Å². The number of nitriles is 1. The number of nitrogens with zero attached hydrogens (tertiary/aromatic N) is 5. The summed E-state index contributed by atoms with van der Waals surface area (Å²) in [6.07, 6.45) is -8.72. The smallest absolute Gasteiger partial charge is 0.433 e. The molecule has 200 valence electrons. The first-order chi connectivity index (χ1) is 17.8. The van der Waals surface area contributed by atoms with Crippen molar-refractivity contribution in [1.29, 1.82) is 5.26 Å². The molecular formula is C24H19F6N5O3. The highest BCUT2D eigenvalue weighted by molar-refractivity contribution is 6.00. The molecule has 0 saturated heterocycles. The van der Waals surface area contributed by atoms with E-state index in [2.05, 4.69) is 10.1 Å². The number of aromatic nitrogens is 3. The number of fused-ring (bicyclic) bond motifs is 1. The number of amides is 1. The summed E-state index contributed by atoms with van der Waals surface area (Å²) >= 11 is 0. The van der Waals surface area contributed by atoms with Gasteiger partial charge in [0.25, 0.3) is 5.91 Å². The predicted octanol–water partition coefficient (Wildman–Crippen LogP) is 4.69.